The van der Waals surface area contributed by atoms with Crippen molar-refractivity contribution >= 4 is 57.8 Å². The molecule has 0 spiro atoms. The molecule has 0 bridgehead atoms. The van der Waals surface area contributed by atoms with Crippen LogP contribution >= 0.6 is 0 Å². The smallest absolute Gasteiger partial charge is 0.331 e. The molecule has 0 radical (unpaired) electrons. The molecule has 5 aromatic carbocycles. The van der Waals surface area contributed by atoms with Crippen molar-refractivity contribution in [2.45, 2.75) is 31.8 Å². The molecule has 392 valence electrons. The van der Waals surface area contributed by atoms with Gasteiger partial charge in [-0.05, 0) is 90.7 Å². The Morgan fingerprint density at radius 1 is 0.581 bits per heavy atom. The number of benzene rings is 5. The largest absolute Gasteiger partial charge is 0.493 e. The zero-order valence-electron chi connectivity index (χ0n) is 40.6. The summed E-state index contributed by atoms with van der Waals surface area (Å²) in [4.78, 5) is 66.7. The van der Waals surface area contributed by atoms with E-state index in [0.29, 0.717) is 28.4 Å². The Kier molecular flexibility index (Phi) is 21.1. The van der Waals surface area contributed by atoms with Gasteiger partial charge in [-0.2, -0.15) is 0 Å². The Morgan fingerprint density at radius 3 is 1.74 bits per heavy atom. The van der Waals surface area contributed by atoms with Crippen LogP contribution in [-0.4, -0.2) is 132 Å². The summed E-state index contributed by atoms with van der Waals surface area (Å²) in [6.07, 6.45) is 4.54. The fourth-order valence-electron chi connectivity index (χ4n) is 7.29. The van der Waals surface area contributed by atoms with Gasteiger partial charge in [0.05, 0.1) is 63.9 Å². The quantitative estimate of drug-likeness (QED) is 0.0101. The van der Waals surface area contributed by atoms with Gasteiger partial charge >= 0.3 is 17.9 Å². The number of H-pyrrole nitrogens is 1. The van der Waals surface area contributed by atoms with Gasteiger partial charge in [0.1, 0.15) is 19.0 Å². The third kappa shape index (κ3) is 16.8. The first kappa shape index (κ1) is 55.3. The summed E-state index contributed by atoms with van der Waals surface area (Å²) >= 11 is 0. The molecule has 6 rings (SSSR count). The average Bonchev–Trinajstić information content (AvgIpc) is 3.79. The van der Waals surface area contributed by atoms with Crippen LogP contribution in [0.15, 0.2) is 115 Å². The van der Waals surface area contributed by atoms with Crippen LogP contribution in [0.3, 0.4) is 0 Å². The normalized spacial score (nSPS) is 11.9. The number of hydrogen-bond acceptors (Lipinski definition) is 20. The van der Waals surface area contributed by atoms with Gasteiger partial charge in [0, 0.05) is 41.3 Å². The predicted molar refractivity (Wildman–Crippen MR) is 263 cm³/mol. The number of para-hydroxylation sites is 3. The highest BCUT2D eigenvalue weighted by Crippen LogP contribution is 2.34. The van der Waals surface area contributed by atoms with Crippen LogP contribution < -0.4 is 33.2 Å². The van der Waals surface area contributed by atoms with E-state index in [2.05, 4.69) is 14.7 Å². The van der Waals surface area contributed by atoms with Gasteiger partial charge in [-0.1, -0.05) is 48.5 Å². The predicted octanol–water partition coefficient (Wildman–Crippen LogP) is 7.37. The summed E-state index contributed by atoms with van der Waals surface area (Å²) < 4.78 is 45.8. The van der Waals surface area contributed by atoms with E-state index >= 15 is 0 Å². The van der Waals surface area contributed by atoms with Crippen molar-refractivity contribution in [2.24, 2.45) is 0 Å². The Labute approximate surface area is 424 Å². The molecule has 0 fully saturated rings. The average molecular weight is 1030 g/mol. The third-order valence-corrected chi connectivity index (χ3v) is 10.7. The van der Waals surface area contributed by atoms with E-state index in [4.69, 9.17) is 58.7 Å². The SMILES string of the molecule is COc1ccccc1OCCN(CC(COc1cccc2[nH]c3ccccc3c12)OC(=O)/C=C/c1ccc(OC(=O)CCCON(O)O)c(OC)c1)C(=O)/C=C/c1ccc(OC(=O)CCCON(O)O)c(OC)c1. The van der Waals surface area contributed by atoms with Gasteiger partial charge in [-0.3, -0.25) is 44.9 Å². The molecule has 6 aromatic rings. The number of methoxy groups -OCH3 is 3. The summed E-state index contributed by atoms with van der Waals surface area (Å²) in [5.41, 5.74) is 2.72. The number of ether oxygens (including phenoxy) is 8. The minimum absolute atomic E-state index is 0.00200. The van der Waals surface area contributed by atoms with E-state index in [1.54, 1.807) is 54.6 Å². The van der Waals surface area contributed by atoms with E-state index in [1.165, 1.54) is 62.7 Å². The highest BCUT2D eigenvalue weighted by atomic mass is 17.1. The van der Waals surface area contributed by atoms with Gasteiger partial charge in [-0.15, -0.1) is 0 Å². The maximum atomic E-state index is 14.3. The van der Waals surface area contributed by atoms with Gasteiger partial charge in [0.25, 0.3) is 0 Å². The lowest BCUT2D eigenvalue weighted by Crippen LogP contribution is -2.43. The Hall–Kier alpha value is -8.06. The lowest BCUT2D eigenvalue weighted by atomic mass is 10.1. The molecule has 1 unspecified atom stereocenters. The first-order chi connectivity index (χ1) is 35.8. The number of nitrogens with one attached hydrogen (secondary N) is 1. The Morgan fingerprint density at radius 2 is 1.14 bits per heavy atom. The second-order valence-electron chi connectivity index (χ2n) is 15.8. The number of carbonyl (C=O) groups excluding carboxylic acids is 4. The molecule has 1 aromatic heterocycles. The van der Waals surface area contributed by atoms with E-state index in [1.807, 2.05) is 36.4 Å². The third-order valence-electron chi connectivity index (χ3n) is 10.7. The highest BCUT2D eigenvalue weighted by Gasteiger charge is 2.24. The number of amides is 1. The van der Waals surface area contributed by atoms with Crippen LogP contribution in [0.4, 0.5) is 0 Å². The summed E-state index contributed by atoms with van der Waals surface area (Å²) in [5, 5.41) is 35.6. The standard InChI is InChI=1S/C52H56N4O18/c1-65-41-14-6-7-15-42(41)68-30-27-54(48(57)25-21-35-19-23-43(46(31-35)66-2)73-49(58)17-9-28-70-55(61)62)33-37(34-69-45-16-8-13-40-52(45)38-11-4-5-12-39(38)53-40)72-51(60)26-22-36-20-24-44(47(32-36)67-3)74-50(59)18-10-29-71-56(63)64/h4-8,11-16,19-26,31-32,37,53,61-64H,9-10,17-18,27-30,33-34H2,1-3H3/b25-21+,26-22+. The maximum Gasteiger partial charge on any atom is 0.331 e. The number of aromatic nitrogens is 1. The lowest BCUT2D eigenvalue weighted by molar-refractivity contribution is -0.492. The lowest BCUT2D eigenvalue weighted by Gasteiger charge is -2.27. The maximum absolute atomic E-state index is 14.3. The molecule has 1 amide bonds. The van der Waals surface area contributed by atoms with Gasteiger partial charge in [0.15, 0.2) is 40.6 Å². The van der Waals surface area contributed by atoms with Crippen LogP contribution in [-0.2, 0) is 33.6 Å². The van der Waals surface area contributed by atoms with Crippen LogP contribution in [0.2, 0.25) is 0 Å². The zero-order chi connectivity index (χ0) is 52.8. The molecule has 1 heterocycles. The van der Waals surface area contributed by atoms with Crippen molar-refractivity contribution in [1.29, 1.82) is 0 Å². The van der Waals surface area contributed by atoms with Crippen molar-refractivity contribution in [3.8, 4) is 40.2 Å². The van der Waals surface area contributed by atoms with E-state index in [-0.39, 0.29) is 88.2 Å². The fraction of sp³-hybridized carbons (Fsp3) is 0.269. The molecule has 22 nitrogen and oxygen atoms in total. The molecule has 0 saturated heterocycles. The summed E-state index contributed by atoms with van der Waals surface area (Å²) in [7, 11) is 4.28. The monoisotopic (exact) mass is 1020 g/mol. The first-order valence-electron chi connectivity index (χ1n) is 23.0. The molecule has 0 aliphatic rings. The number of esters is 3. The van der Waals surface area contributed by atoms with Gasteiger partial charge < -0.3 is 47.8 Å². The molecule has 0 aliphatic heterocycles. The Bertz CT molecular complexity index is 2880. The van der Waals surface area contributed by atoms with Crippen molar-refractivity contribution in [1.82, 2.24) is 20.7 Å². The number of rotatable bonds is 29. The zero-order valence-corrected chi connectivity index (χ0v) is 40.6. The number of fused-ring (bicyclic) bond motifs is 3. The second kappa shape index (κ2) is 28.3. The molecular formula is C52H56N4O18. The molecular weight excluding hydrogens is 969 g/mol. The van der Waals surface area contributed by atoms with Crippen molar-refractivity contribution in [2.75, 3.05) is 60.8 Å². The summed E-state index contributed by atoms with van der Waals surface area (Å²) in [6, 6.07) is 29.6. The minimum Gasteiger partial charge on any atom is -0.493 e. The van der Waals surface area contributed by atoms with E-state index < -0.39 is 40.7 Å². The van der Waals surface area contributed by atoms with Crippen molar-refractivity contribution in [3.05, 3.63) is 126 Å². The molecule has 0 aliphatic carbocycles. The van der Waals surface area contributed by atoms with Crippen LogP contribution in [0.25, 0.3) is 34.0 Å². The van der Waals surface area contributed by atoms with Crippen molar-refractivity contribution < 1.29 is 87.6 Å². The fourth-order valence-corrected chi connectivity index (χ4v) is 7.29. The molecule has 74 heavy (non-hydrogen) atoms. The number of aromatic amines is 1. The molecule has 0 saturated carbocycles. The molecule has 1 atom stereocenters. The van der Waals surface area contributed by atoms with Gasteiger partial charge in [0.2, 0.25) is 5.91 Å². The summed E-state index contributed by atoms with van der Waals surface area (Å²) in [5.74, 6) is -0.477. The molecule has 5 N–H and O–H groups in total. The van der Waals surface area contributed by atoms with Crippen LogP contribution in [0, 0.1) is 0 Å². The van der Waals surface area contributed by atoms with Gasteiger partial charge in [-0.25, -0.2) is 4.79 Å². The second-order valence-corrected chi connectivity index (χ2v) is 15.8. The van der Waals surface area contributed by atoms with Crippen LogP contribution in [0.1, 0.15) is 36.8 Å². The van der Waals surface area contributed by atoms with E-state index in [9.17, 15) is 19.2 Å². The highest BCUT2D eigenvalue weighted by molar-refractivity contribution is 6.10. The van der Waals surface area contributed by atoms with E-state index in [0.717, 1.165) is 21.8 Å². The summed E-state index contributed by atoms with van der Waals surface area (Å²) in [6.45, 7) is -0.646. The Balaban J connectivity index is 1.23. The number of nitrogens with zero attached hydrogens (tertiary/aromatic N) is 3. The first-order valence-corrected chi connectivity index (χ1v) is 23.0. The van der Waals surface area contributed by atoms with Crippen LogP contribution in [0.5, 0.6) is 40.2 Å². The minimum atomic E-state index is -1.07. The number of hydrogen-bond donors (Lipinski definition) is 5. The number of carbonyl (C=O) groups is 4. The molecule has 22 heteroatoms. The van der Waals surface area contributed by atoms with Crippen molar-refractivity contribution in [3.63, 3.8) is 0 Å². The topological polar surface area (TPSA) is 267 Å².